The third-order valence-corrected chi connectivity index (χ3v) is 4.36. The zero-order chi connectivity index (χ0) is 15.4. The van der Waals surface area contributed by atoms with E-state index in [9.17, 15) is 4.79 Å². The molecule has 1 aromatic heterocycles. The lowest BCUT2D eigenvalue weighted by Gasteiger charge is -2.12. The largest absolute Gasteiger partial charge is 0.349 e. The second-order valence-electron chi connectivity index (χ2n) is 5.52. The molecule has 0 unspecified atom stereocenters. The molecule has 1 aliphatic rings. The first kappa shape index (κ1) is 15.0. The summed E-state index contributed by atoms with van der Waals surface area (Å²) in [6, 6.07) is 11.7. The fourth-order valence-corrected chi connectivity index (χ4v) is 2.92. The van der Waals surface area contributed by atoms with Crippen molar-refractivity contribution >= 4 is 33.3 Å². The van der Waals surface area contributed by atoms with E-state index in [4.69, 9.17) is 0 Å². The van der Waals surface area contributed by atoms with E-state index in [2.05, 4.69) is 31.5 Å². The smallest absolute Gasteiger partial charge is 0.251 e. The van der Waals surface area contributed by atoms with E-state index >= 15 is 0 Å². The molecule has 1 fully saturated rings. The number of carbonyl (C=O) groups excluding carboxylic acids is 1. The van der Waals surface area contributed by atoms with Crippen LogP contribution in [0.2, 0.25) is 0 Å². The van der Waals surface area contributed by atoms with E-state index in [-0.39, 0.29) is 5.91 Å². The van der Waals surface area contributed by atoms with Gasteiger partial charge < -0.3 is 10.6 Å². The SMILES string of the molecule is O=C(NC1CCCC1)c1ccnc(Nc2ccc(Br)cc2)c1. The number of amides is 1. The number of rotatable bonds is 4. The number of benzene rings is 1. The van der Waals surface area contributed by atoms with Crippen LogP contribution in [0.1, 0.15) is 36.0 Å². The molecule has 2 aromatic rings. The van der Waals surface area contributed by atoms with Crippen LogP contribution in [0.4, 0.5) is 11.5 Å². The fourth-order valence-electron chi connectivity index (χ4n) is 2.66. The molecule has 1 aromatic carbocycles. The maximum absolute atomic E-state index is 12.3. The number of pyridine rings is 1. The molecule has 0 radical (unpaired) electrons. The second-order valence-corrected chi connectivity index (χ2v) is 6.43. The van der Waals surface area contributed by atoms with Crippen LogP contribution in [0.25, 0.3) is 0 Å². The van der Waals surface area contributed by atoms with Gasteiger partial charge in [0, 0.05) is 28.0 Å². The third-order valence-electron chi connectivity index (χ3n) is 3.83. The van der Waals surface area contributed by atoms with Gasteiger partial charge in [-0.3, -0.25) is 4.79 Å². The summed E-state index contributed by atoms with van der Waals surface area (Å²) in [6.45, 7) is 0. The molecule has 0 aliphatic heterocycles. The molecule has 1 amide bonds. The summed E-state index contributed by atoms with van der Waals surface area (Å²) < 4.78 is 1.02. The Morgan fingerprint density at radius 1 is 1.14 bits per heavy atom. The number of aromatic nitrogens is 1. The monoisotopic (exact) mass is 359 g/mol. The highest BCUT2D eigenvalue weighted by Crippen LogP contribution is 2.20. The summed E-state index contributed by atoms with van der Waals surface area (Å²) in [7, 11) is 0. The second kappa shape index (κ2) is 6.92. The molecule has 0 bridgehead atoms. The lowest BCUT2D eigenvalue weighted by molar-refractivity contribution is 0.0938. The molecule has 0 spiro atoms. The van der Waals surface area contributed by atoms with Crippen molar-refractivity contribution in [2.45, 2.75) is 31.7 Å². The van der Waals surface area contributed by atoms with E-state index in [0.717, 1.165) is 23.0 Å². The van der Waals surface area contributed by atoms with Crippen LogP contribution >= 0.6 is 15.9 Å². The van der Waals surface area contributed by atoms with E-state index in [1.165, 1.54) is 12.8 Å². The van der Waals surface area contributed by atoms with Crippen molar-refractivity contribution in [2.75, 3.05) is 5.32 Å². The number of halogens is 1. The van der Waals surface area contributed by atoms with E-state index in [1.807, 2.05) is 24.3 Å². The van der Waals surface area contributed by atoms with Crippen LogP contribution < -0.4 is 10.6 Å². The van der Waals surface area contributed by atoms with Crippen LogP contribution in [0.5, 0.6) is 0 Å². The van der Waals surface area contributed by atoms with Crippen LogP contribution in [0, 0.1) is 0 Å². The lowest BCUT2D eigenvalue weighted by atomic mass is 10.2. The van der Waals surface area contributed by atoms with Gasteiger partial charge in [-0.05, 0) is 49.2 Å². The molecule has 114 valence electrons. The Bertz CT molecular complexity index is 651. The normalized spacial score (nSPS) is 14.8. The number of nitrogens with zero attached hydrogens (tertiary/aromatic N) is 1. The molecule has 2 N–H and O–H groups in total. The molecule has 5 heteroatoms. The number of hydrogen-bond donors (Lipinski definition) is 2. The number of carbonyl (C=O) groups is 1. The van der Waals surface area contributed by atoms with Crippen LogP contribution in [0.3, 0.4) is 0 Å². The van der Waals surface area contributed by atoms with Gasteiger partial charge in [0.05, 0.1) is 0 Å². The average molecular weight is 360 g/mol. The highest BCUT2D eigenvalue weighted by molar-refractivity contribution is 9.10. The Kier molecular flexibility index (Phi) is 4.73. The predicted molar refractivity (Wildman–Crippen MR) is 91.4 cm³/mol. The Labute approximate surface area is 138 Å². The third kappa shape index (κ3) is 3.85. The minimum atomic E-state index is -0.0202. The molecule has 1 heterocycles. The van der Waals surface area contributed by atoms with Crippen molar-refractivity contribution in [2.24, 2.45) is 0 Å². The number of anilines is 2. The maximum Gasteiger partial charge on any atom is 0.251 e. The topological polar surface area (TPSA) is 54.0 Å². The first-order valence-electron chi connectivity index (χ1n) is 7.50. The Morgan fingerprint density at radius 2 is 1.86 bits per heavy atom. The summed E-state index contributed by atoms with van der Waals surface area (Å²) in [5, 5.41) is 6.30. The quantitative estimate of drug-likeness (QED) is 0.857. The minimum absolute atomic E-state index is 0.0202. The van der Waals surface area contributed by atoms with Crippen molar-refractivity contribution < 1.29 is 4.79 Å². The van der Waals surface area contributed by atoms with Gasteiger partial charge in [0.1, 0.15) is 5.82 Å². The first-order chi connectivity index (χ1) is 10.7. The van der Waals surface area contributed by atoms with E-state index in [1.54, 1.807) is 18.3 Å². The van der Waals surface area contributed by atoms with Gasteiger partial charge in [-0.25, -0.2) is 4.98 Å². The Hall–Kier alpha value is -1.88. The van der Waals surface area contributed by atoms with Gasteiger partial charge in [0.15, 0.2) is 0 Å². The predicted octanol–water partition coefficient (Wildman–Crippen LogP) is 4.26. The van der Waals surface area contributed by atoms with Gasteiger partial charge >= 0.3 is 0 Å². The molecular formula is C17H18BrN3O. The van der Waals surface area contributed by atoms with Crippen molar-refractivity contribution in [1.82, 2.24) is 10.3 Å². The van der Waals surface area contributed by atoms with Gasteiger partial charge in [0.25, 0.3) is 5.91 Å². The molecule has 0 saturated heterocycles. The number of nitrogens with one attached hydrogen (secondary N) is 2. The highest BCUT2D eigenvalue weighted by Gasteiger charge is 2.18. The van der Waals surface area contributed by atoms with Gasteiger partial charge in [-0.1, -0.05) is 28.8 Å². The summed E-state index contributed by atoms with van der Waals surface area (Å²) >= 11 is 3.41. The van der Waals surface area contributed by atoms with Gasteiger partial charge in [-0.15, -0.1) is 0 Å². The van der Waals surface area contributed by atoms with Crippen molar-refractivity contribution in [3.8, 4) is 0 Å². The average Bonchev–Trinajstić information content (AvgIpc) is 3.03. The minimum Gasteiger partial charge on any atom is -0.349 e. The van der Waals surface area contributed by atoms with Crippen LogP contribution in [-0.4, -0.2) is 16.9 Å². The zero-order valence-corrected chi connectivity index (χ0v) is 13.8. The molecule has 4 nitrogen and oxygen atoms in total. The van der Waals surface area contributed by atoms with E-state index < -0.39 is 0 Å². The lowest BCUT2D eigenvalue weighted by Crippen LogP contribution is -2.32. The molecule has 1 saturated carbocycles. The molecular weight excluding hydrogens is 342 g/mol. The van der Waals surface area contributed by atoms with Crippen molar-refractivity contribution in [3.63, 3.8) is 0 Å². The summed E-state index contributed by atoms with van der Waals surface area (Å²) in [4.78, 5) is 16.5. The van der Waals surface area contributed by atoms with E-state index in [0.29, 0.717) is 17.4 Å². The van der Waals surface area contributed by atoms with Crippen molar-refractivity contribution in [3.05, 3.63) is 52.6 Å². The number of hydrogen-bond acceptors (Lipinski definition) is 3. The molecule has 3 rings (SSSR count). The Morgan fingerprint density at radius 3 is 2.59 bits per heavy atom. The highest BCUT2D eigenvalue weighted by atomic mass is 79.9. The standard InChI is InChI=1S/C17H18BrN3O/c18-13-5-7-15(8-6-13)20-16-11-12(9-10-19-16)17(22)21-14-3-1-2-4-14/h5-11,14H,1-4H2,(H,19,20)(H,21,22). The summed E-state index contributed by atoms with van der Waals surface area (Å²) in [5.74, 6) is 0.648. The van der Waals surface area contributed by atoms with Gasteiger partial charge in [0.2, 0.25) is 0 Å². The Balaban J connectivity index is 1.68. The maximum atomic E-state index is 12.3. The van der Waals surface area contributed by atoms with Crippen LogP contribution in [0.15, 0.2) is 47.1 Å². The van der Waals surface area contributed by atoms with Gasteiger partial charge in [-0.2, -0.15) is 0 Å². The summed E-state index contributed by atoms with van der Waals surface area (Å²) in [5.41, 5.74) is 1.57. The van der Waals surface area contributed by atoms with Crippen LogP contribution in [-0.2, 0) is 0 Å². The molecule has 1 aliphatic carbocycles. The molecule has 0 atom stereocenters. The van der Waals surface area contributed by atoms with Crippen molar-refractivity contribution in [1.29, 1.82) is 0 Å². The fraction of sp³-hybridized carbons (Fsp3) is 0.294. The molecule has 22 heavy (non-hydrogen) atoms. The first-order valence-corrected chi connectivity index (χ1v) is 8.29. The summed E-state index contributed by atoms with van der Waals surface area (Å²) in [6.07, 6.45) is 6.24. The zero-order valence-electron chi connectivity index (χ0n) is 12.2.